The largest absolute Gasteiger partial charge is 0.387 e. The summed E-state index contributed by atoms with van der Waals surface area (Å²) in [6, 6.07) is 0. The van der Waals surface area contributed by atoms with Crippen LogP contribution in [0.15, 0.2) is 4.99 Å². The van der Waals surface area contributed by atoms with Gasteiger partial charge in [-0.15, -0.1) is 0 Å². The molecule has 0 rings (SSSR count). The van der Waals surface area contributed by atoms with Gasteiger partial charge < -0.3 is 5.73 Å². The number of hydrogen-bond donors (Lipinski definition) is 1. The van der Waals surface area contributed by atoms with Crippen molar-refractivity contribution in [1.82, 2.24) is 0 Å². The van der Waals surface area contributed by atoms with E-state index in [-0.39, 0.29) is 5.84 Å². The second-order valence-corrected chi connectivity index (χ2v) is 4.79. The highest BCUT2D eigenvalue weighted by Crippen LogP contribution is 2.27. The van der Waals surface area contributed by atoms with Crippen molar-refractivity contribution >= 4 is 46.5 Å². The Morgan fingerprint density at radius 2 is 2.00 bits per heavy atom. The number of carbonyl (C=O) groups excluding carboxylic acids is 1. The predicted molar refractivity (Wildman–Crippen MR) is 56.4 cm³/mol. The summed E-state index contributed by atoms with van der Waals surface area (Å²) in [7, 11) is 0. The first-order valence-electron chi connectivity index (χ1n) is 3.82. The molecular weight excluding hydrogens is 234 g/mol. The highest BCUT2D eigenvalue weighted by molar-refractivity contribution is 6.76. The molecule has 76 valence electrons. The zero-order valence-electron chi connectivity index (χ0n) is 7.19. The van der Waals surface area contributed by atoms with E-state index in [0.29, 0.717) is 6.42 Å². The van der Waals surface area contributed by atoms with Gasteiger partial charge in [0.2, 0.25) is 0 Å². The van der Waals surface area contributed by atoms with Gasteiger partial charge in [-0.1, -0.05) is 48.1 Å². The fourth-order valence-corrected chi connectivity index (χ4v) is 0.734. The topological polar surface area (TPSA) is 55.4 Å². The highest BCUT2D eigenvalue weighted by atomic mass is 35.6. The maximum Gasteiger partial charge on any atom is 0.299 e. The van der Waals surface area contributed by atoms with E-state index in [2.05, 4.69) is 4.99 Å². The summed E-state index contributed by atoms with van der Waals surface area (Å²) in [5.41, 5.74) is 5.41. The van der Waals surface area contributed by atoms with Crippen molar-refractivity contribution in [3.05, 3.63) is 0 Å². The summed E-state index contributed by atoms with van der Waals surface area (Å²) in [5, 5.41) is 0. The standard InChI is InChI=1S/C7H11Cl3N2O/c1-2-3-4-5(11)12-6(13)7(8,9)10/h2-4H2,1H3,(H2,11,12,13). The number of hydrogen-bond acceptors (Lipinski definition) is 1. The quantitative estimate of drug-likeness (QED) is 0.472. The predicted octanol–water partition coefficient (Wildman–Crippen LogP) is 2.43. The lowest BCUT2D eigenvalue weighted by Gasteiger charge is -2.05. The van der Waals surface area contributed by atoms with E-state index in [1.165, 1.54) is 0 Å². The van der Waals surface area contributed by atoms with E-state index in [9.17, 15) is 4.79 Å². The molecule has 0 aromatic carbocycles. The van der Waals surface area contributed by atoms with E-state index in [4.69, 9.17) is 40.5 Å². The number of carbonyl (C=O) groups is 1. The Morgan fingerprint density at radius 1 is 1.46 bits per heavy atom. The minimum Gasteiger partial charge on any atom is -0.387 e. The summed E-state index contributed by atoms with van der Waals surface area (Å²) >= 11 is 15.8. The molecule has 0 saturated carbocycles. The fraction of sp³-hybridized carbons (Fsp3) is 0.714. The molecule has 0 aliphatic heterocycles. The molecule has 0 aliphatic rings. The first-order chi connectivity index (χ1) is 5.88. The van der Waals surface area contributed by atoms with Crippen LogP contribution in [0.4, 0.5) is 0 Å². The van der Waals surface area contributed by atoms with Crippen LogP contribution in [0.25, 0.3) is 0 Å². The average molecular weight is 246 g/mol. The van der Waals surface area contributed by atoms with Gasteiger partial charge in [-0.25, -0.2) is 0 Å². The Bertz CT molecular complexity index is 210. The number of rotatable bonds is 3. The van der Waals surface area contributed by atoms with Gasteiger partial charge in [0.15, 0.2) is 0 Å². The second-order valence-electron chi connectivity index (χ2n) is 2.51. The number of aliphatic imine (C=N–C) groups is 1. The van der Waals surface area contributed by atoms with Crippen LogP contribution in [0, 0.1) is 0 Å². The number of alkyl halides is 3. The van der Waals surface area contributed by atoms with Crippen LogP contribution in [0.5, 0.6) is 0 Å². The lowest BCUT2D eigenvalue weighted by molar-refractivity contribution is -0.116. The van der Waals surface area contributed by atoms with Crippen LogP contribution in [-0.4, -0.2) is 15.5 Å². The van der Waals surface area contributed by atoms with Crippen LogP contribution in [0.3, 0.4) is 0 Å². The van der Waals surface area contributed by atoms with Crippen LogP contribution < -0.4 is 5.73 Å². The van der Waals surface area contributed by atoms with Gasteiger partial charge in [-0.2, -0.15) is 4.99 Å². The zero-order valence-corrected chi connectivity index (χ0v) is 9.46. The summed E-state index contributed by atoms with van der Waals surface area (Å²) in [5.74, 6) is -0.635. The molecule has 0 fully saturated rings. The molecule has 0 spiro atoms. The fourth-order valence-electron chi connectivity index (χ4n) is 0.608. The first-order valence-corrected chi connectivity index (χ1v) is 4.95. The molecular formula is C7H11Cl3N2O. The number of nitrogens with zero attached hydrogens (tertiary/aromatic N) is 1. The third-order valence-corrected chi connectivity index (χ3v) is 1.76. The van der Waals surface area contributed by atoms with Gasteiger partial charge >= 0.3 is 0 Å². The van der Waals surface area contributed by atoms with Crippen LogP contribution in [0.1, 0.15) is 26.2 Å². The van der Waals surface area contributed by atoms with Gasteiger partial charge in [-0.05, 0) is 6.42 Å². The molecule has 0 radical (unpaired) electrons. The van der Waals surface area contributed by atoms with Crippen molar-refractivity contribution in [3.8, 4) is 0 Å². The number of nitrogens with two attached hydrogens (primary N) is 1. The highest BCUT2D eigenvalue weighted by Gasteiger charge is 2.30. The van der Waals surface area contributed by atoms with Crippen molar-refractivity contribution in [2.75, 3.05) is 0 Å². The second kappa shape index (κ2) is 5.68. The third-order valence-electron chi connectivity index (χ3n) is 1.27. The lowest BCUT2D eigenvalue weighted by atomic mass is 10.2. The molecule has 0 heterocycles. The molecule has 0 aliphatic carbocycles. The third kappa shape index (κ3) is 6.13. The lowest BCUT2D eigenvalue weighted by Crippen LogP contribution is -2.21. The molecule has 13 heavy (non-hydrogen) atoms. The van der Waals surface area contributed by atoms with Gasteiger partial charge in [0.05, 0.1) is 0 Å². The van der Waals surface area contributed by atoms with Gasteiger partial charge in [-0.3, -0.25) is 4.79 Å². The van der Waals surface area contributed by atoms with Crippen molar-refractivity contribution in [2.45, 2.75) is 30.0 Å². The van der Waals surface area contributed by atoms with E-state index in [0.717, 1.165) is 12.8 Å². The molecule has 0 atom stereocenters. The Hall–Kier alpha value is 0.01000. The maximum absolute atomic E-state index is 11.0. The normalized spacial score (nSPS) is 13.1. The van der Waals surface area contributed by atoms with Gasteiger partial charge in [0.25, 0.3) is 9.70 Å². The molecule has 1 amide bonds. The first kappa shape index (κ1) is 13.0. The van der Waals surface area contributed by atoms with E-state index < -0.39 is 9.70 Å². The molecule has 3 nitrogen and oxygen atoms in total. The van der Waals surface area contributed by atoms with Crippen LogP contribution in [0.2, 0.25) is 0 Å². The maximum atomic E-state index is 11.0. The smallest absolute Gasteiger partial charge is 0.299 e. The SMILES string of the molecule is CCCCC(N)=NC(=O)C(Cl)(Cl)Cl. The molecule has 0 saturated heterocycles. The van der Waals surface area contributed by atoms with E-state index >= 15 is 0 Å². The Morgan fingerprint density at radius 3 is 2.38 bits per heavy atom. The molecule has 6 heteroatoms. The Kier molecular flexibility index (Phi) is 5.68. The van der Waals surface area contributed by atoms with Crippen molar-refractivity contribution in [1.29, 1.82) is 0 Å². The molecule has 0 unspecified atom stereocenters. The molecule has 0 aromatic heterocycles. The average Bonchev–Trinajstić information content (AvgIpc) is 1.99. The number of amides is 1. The summed E-state index contributed by atoms with van der Waals surface area (Å²) in [4.78, 5) is 14.4. The summed E-state index contributed by atoms with van der Waals surface area (Å²) < 4.78 is -2.00. The van der Waals surface area contributed by atoms with Gasteiger partial charge in [0.1, 0.15) is 5.84 Å². The minimum absolute atomic E-state index is 0.207. The minimum atomic E-state index is -2.00. The van der Waals surface area contributed by atoms with Crippen LogP contribution >= 0.6 is 34.8 Å². The Labute approximate surface area is 92.2 Å². The molecule has 0 aromatic rings. The van der Waals surface area contributed by atoms with Crippen LogP contribution in [-0.2, 0) is 4.79 Å². The molecule has 0 bridgehead atoms. The van der Waals surface area contributed by atoms with Gasteiger partial charge in [0, 0.05) is 6.42 Å². The Balaban J connectivity index is 4.15. The van der Waals surface area contributed by atoms with Crippen molar-refractivity contribution in [3.63, 3.8) is 0 Å². The number of amidine groups is 1. The molecule has 2 N–H and O–H groups in total. The number of unbranched alkanes of at least 4 members (excludes halogenated alkanes) is 1. The monoisotopic (exact) mass is 244 g/mol. The van der Waals surface area contributed by atoms with E-state index in [1.54, 1.807) is 0 Å². The summed E-state index contributed by atoms with van der Waals surface area (Å²) in [6.45, 7) is 2.00. The van der Waals surface area contributed by atoms with Crippen molar-refractivity contribution in [2.24, 2.45) is 10.7 Å². The van der Waals surface area contributed by atoms with E-state index in [1.807, 2.05) is 6.92 Å². The summed E-state index contributed by atoms with van der Waals surface area (Å²) in [6.07, 6.45) is 2.38. The zero-order chi connectivity index (χ0) is 10.5. The number of halogens is 3. The van der Waals surface area contributed by atoms with Crippen molar-refractivity contribution < 1.29 is 4.79 Å².